The van der Waals surface area contributed by atoms with Gasteiger partial charge in [0.15, 0.2) is 4.77 Å². The van der Waals surface area contributed by atoms with Crippen molar-refractivity contribution in [1.82, 2.24) is 14.5 Å². The Kier molecular flexibility index (Phi) is 5.41. The topological polar surface area (TPSA) is 48.2 Å². The Hall–Kier alpha value is -1.58. The van der Waals surface area contributed by atoms with Crippen LogP contribution >= 0.6 is 28.1 Å². The van der Waals surface area contributed by atoms with Gasteiger partial charge in [-0.2, -0.15) is 0 Å². The summed E-state index contributed by atoms with van der Waals surface area (Å²) in [5.74, 6) is -1.60. The fourth-order valence-electron chi connectivity index (χ4n) is 4.11. The van der Waals surface area contributed by atoms with Gasteiger partial charge in [0.1, 0.15) is 11.6 Å². The number of rotatable bonds is 4. The Balaban J connectivity index is 1.60. The van der Waals surface area contributed by atoms with Crippen LogP contribution in [0.1, 0.15) is 29.3 Å². The van der Waals surface area contributed by atoms with Crippen LogP contribution in [0.25, 0.3) is 0 Å². The van der Waals surface area contributed by atoms with Crippen LogP contribution in [-0.2, 0) is 36.0 Å². The lowest BCUT2D eigenvalue weighted by atomic mass is 9.95. The lowest BCUT2D eigenvalue weighted by Gasteiger charge is -2.14. The highest BCUT2D eigenvalue weighted by atomic mass is 79.9. The summed E-state index contributed by atoms with van der Waals surface area (Å²) in [6.45, 7) is 1.58. The van der Waals surface area contributed by atoms with E-state index in [0.29, 0.717) is 31.0 Å². The van der Waals surface area contributed by atoms with Gasteiger partial charge in [0.2, 0.25) is 5.91 Å². The van der Waals surface area contributed by atoms with Gasteiger partial charge in [-0.15, -0.1) is 0 Å². The summed E-state index contributed by atoms with van der Waals surface area (Å²) < 4.78 is 38.7. The standard InChI is InChI=1S/C19H20BrF2N3O2S/c1-24-14(7-16(26)23-11-4-5-27-9-11)15-6-10(8-25(15)19(24)28)17-13(21)3-2-12(20)18(17)22/h2-3,10-11H,4-9H2,1H3,(H,23,26)/t10-,11+/m1/s1. The molecule has 1 aromatic heterocycles. The number of imidazole rings is 1. The maximum Gasteiger partial charge on any atom is 0.226 e. The number of amides is 1. The van der Waals surface area contributed by atoms with Crippen LogP contribution in [-0.4, -0.2) is 34.3 Å². The van der Waals surface area contributed by atoms with E-state index in [-0.39, 0.29) is 34.3 Å². The Labute approximate surface area is 174 Å². The summed E-state index contributed by atoms with van der Waals surface area (Å²) in [6.07, 6.45) is 1.42. The molecule has 4 rings (SSSR count). The summed E-state index contributed by atoms with van der Waals surface area (Å²) in [7, 11) is 1.82. The molecule has 1 amide bonds. The van der Waals surface area contributed by atoms with Crippen LogP contribution < -0.4 is 5.32 Å². The van der Waals surface area contributed by atoms with Crippen molar-refractivity contribution in [2.45, 2.75) is 37.8 Å². The fraction of sp³-hybridized carbons (Fsp3) is 0.474. The van der Waals surface area contributed by atoms with E-state index in [4.69, 9.17) is 17.0 Å². The Morgan fingerprint density at radius 1 is 1.43 bits per heavy atom. The average Bonchev–Trinajstić information content (AvgIpc) is 3.35. The summed E-state index contributed by atoms with van der Waals surface area (Å²) in [6, 6.07) is 2.67. The predicted octanol–water partition coefficient (Wildman–Crippen LogP) is 3.38. The van der Waals surface area contributed by atoms with Crippen LogP contribution in [0, 0.1) is 16.4 Å². The average molecular weight is 472 g/mol. The van der Waals surface area contributed by atoms with Crippen molar-refractivity contribution in [3.8, 4) is 0 Å². The van der Waals surface area contributed by atoms with E-state index in [1.54, 1.807) is 0 Å². The van der Waals surface area contributed by atoms with Gasteiger partial charge >= 0.3 is 0 Å². The highest BCUT2D eigenvalue weighted by molar-refractivity contribution is 9.10. The molecule has 0 radical (unpaired) electrons. The minimum absolute atomic E-state index is 0.0362. The van der Waals surface area contributed by atoms with E-state index in [0.717, 1.165) is 17.8 Å². The van der Waals surface area contributed by atoms with Crippen LogP contribution in [0.15, 0.2) is 16.6 Å². The number of fused-ring (bicyclic) bond motifs is 1. The second-order valence-corrected chi connectivity index (χ2v) is 8.53. The zero-order valence-electron chi connectivity index (χ0n) is 15.3. The Morgan fingerprint density at radius 2 is 2.21 bits per heavy atom. The van der Waals surface area contributed by atoms with E-state index in [1.165, 1.54) is 12.1 Å². The summed E-state index contributed by atoms with van der Waals surface area (Å²) >= 11 is 8.64. The highest BCUT2D eigenvalue weighted by Gasteiger charge is 2.33. The van der Waals surface area contributed by atoms with Gasteiger partial charge in [0.05, 0.1) is 23.5 Å². The molecule has 28 heavy (non-hydrogen) atoms. The Morgan fingerprint density at radius 3 is 2.93 bits per heavy atom. The largest absolute Gasteiger partial charge is 0.379 e. The van der Waals surface area contributed by atoms with Crippen LogP contribution in [0.5, 0.6) is 0 Å². The van der Waals surface area contributed by atoms with E-state index in [9.17, 15) is 13.6 Å². The second kappa shape index (κ2) is 7.68. The number of hydrogen-bond acceptors (Lipinski definition) is 3. The van der Waals surface area contributed by atoms with Crippen molar-refractivity contribution in [1.29, 1.82) is 0 Å². The minimum atomic E-state index is -0.577. The quantitative estimate of drug-likeness (QED) is 0.549. The van der Waals surface area contributed by atoms with Crippen molar-refractivity contribution in [3.63, 3.8) is 0 Å². The number of carbonyl (C=O) groups excluding carboxylic acids is 1. The molecule has 1 aromatic carbocycles. The second-order valence-electron chi connectivity index (χ2n) is 7.31. The molecule has 2 atom stereocenters. The number of nitrogens with one attached hydrogen (secondary N) is 1. The van der Waals surface area contributed by atoms with Gasteiger partial charge in [-0.05, 0) is 53.1 Å². The molecule has 0 aliphatic carbocycles. The highest BCUT2D eigenvalue weighted by Crippen LogP contribution is 2.37. The smallest absolute Gasteiger partial charge is 0.226 e. The monoisotopic (exact) mass is 471 g/mol. The zero-order chi connectivity index (χ0) is 20.0. The normalized spacial score (nSPS) is 21.1. The van der Waals surface area contributed by atoms with Crippen LogP contribution in [0.3, 0.4) is 0 Å². The molecule has 1 fully saturated rings. The van der Waals surface area contributed by atoms with Gasteiger partial charge in [0.25, 0.3) is 0 Å². The molecule has 0 saturated carbocycles. The minimum Gasteiger partial charge on any atom is -0.379 e. The third-order valence-electron chi connectivity index (χ3n) is 5.53. The molecule has 5 nitrogen and oxygen atoms in total. The van der Waals surface area contributed by atoms with Crippen molar-refractivity contribution >= 4 is 34.1 Å². The predicted molar refractivity (Wildman–Crippen MR) is 106 cm³/mol. The first kappa shape index (κ1) is 19.7. The third kappa shape index (κ3) is 3.44. The third-order valence-corrected chi connectivity index (χ3v) is 6.64. The molecule has 1 N–H and O–H groups in total. The summed E-state index contributed by atoms with van der Waals surface area (Å²) in [5.41, 5.74) is 1.72. The number of halogens is 3. The number of nitrogens with zero attached hydrogens (tertiary/aromatic N) is 2. The SMILES string of the molecule is Cn1c(CC(=O)N[C@H]2CCOC2)c2n(c1=S)C[C@H](c1c(F)ccc(Br)c1F)C2. The molecule has 3 heterocycles. The first-order chi connectivity index (χ1) is 13.4. The molecule has 2 aliphatic heterocycles. The van der Waals surface area contributed by atoms with E-state index in [1.807, 2.05) is 16.2 Å². The molecular formula is C19H20BrF2N3O2S. The molecule has 0 bridgehead atoms. The molecule has 2 aliphatic rings. The zero-order valence-corrected chi connectivity index (χ0v) is 17.7. The molecule has 2 aromatic rings. The molecule has 9 heteroatoms. The van der Waals surface area contributed by atoms with E-state index >= 15 is 0 Å². The Bertz CT molecular complexity index is 998. The van der Waals surface area contributed by atoms with E-state index < -0.39 is 11.6 Å². The lowest BCUT2D eigenvalue weighted by molar-refractivity contribution is -0.121. The van der Waals surface area contributed by atoms with Crippen LogP contribution in [0.2, 0.25) is 0 Å². The number of ether oxygens (including phenoxy) is 1. The van der Waals surface area contributed by atoms with Gasteiger partial charge in [-0.3, -0.25) is 4.79 Å². The summed E-state index contributed by atoms with van der Waals surface area (Å²) in [5, 5.41) is 2.98. The van der Waals surface area contributed by atoms with Crippen molar-refractivity contribution < 1.29 is 18.3 Å². The number of aromatic nitrogens is 2. The maximum absolute atomic E-state index is 14.6. The fourth-order valence-corrected chi connectivity index (χ4v) is 4.75. The number of carbonyl (C=O) groups is 1. The van der Waals surface area contributed by atoms with Crippen molar-refractivity contribution in [2.75, 3.05) is 13.2 Å². The first-order valence-electron chi connectivity index (χ1n) is 9.14. The lowest BCUT2D eigenvalue weighted by Crippen LogP contribution is -2.36. The first-order valence-corrected chi connectivity index (χ1v) is 10.3. The maximum atomic E-state index is 14.6. The number of benzene rings is 1. The van der Waals surface area contributed by atoms with Gasteiger partial charge in [0, 0.05) is 43.1 Å². The van der Waals surface area contributed by atoms with Crippen molar-refractivity contribution in [2.24, 2.45) is 7.05 Å². The van der Waals surface area contributed by atoms with Crippen molar-refractivity contribution in [3.05, 3.63) is 50.0 Å². The molecular weight excluding hydrogens is 452 g/mol. The van der Waals surface area contributed by atoms with Gasteiger partial charge in [-0.1, -0.05) is 0 Å². The van der Waals surface area contributed by atoms with E-state index in [2.05, 4.69) is 21.2 Å². The van der Waals surface area contributed by atoms with Crippen LogP contribution in [0.4, 0.5) is 8.78 Å². The van der Waals surface area contributed by atoms with Gasteiger partial charge < -0.3 is 19.2 Å². The summed E-state index contributed by atoms with van der Waals surface area (Å²) in [4.78, 5) is 12.5. The molecule has 1 saturated heterocycles. The number of hydrogen-bond donors (Lipinski definition) is 1. The van der Waals surface area contributed by atoms with Gasteiger partial charge in [-0.25, -0.2) is 8.78 Å². The molecule has 150 valence electrons. The molecule has 0 unspecified atom stereocenters. The molecule has 0 spiro atoms.